The van der Waals surface area contributed by atoms with Crippen molar-refractivity contribution in [1.82, 2.24) is 9.55 Å². The van der Waals surface area contributed by atoms with Gasteiger partial charge in [-0.1, -0.05) is 101 Å². The summed E-state index contributed by atoms with van der Waals surface area (Å²) < 4.78 is 1.81. The standard InChI is InChI=1S/C14H14N2O.4C2H6.2CH4/c1-10-7-8-13-15-12(9-14(17)16(10)13)11-5-3-2-4-6-11;4*1-2;;/h2-6,9-10H,7-8H2,1H3;4*1-2H3;2*1H4. The first-order valence-electron chi connectivity index (χ1n) is 9.93. The summed E-state index contributed by atoms with van der Waals surface area (Å²) in [5.41, 5.74) is 1.86. The van der Waals surface area contributed by atoms with Gasteiger partial charge in [-0.05, 0) is 13.3 Å². The maximum Gasteiger partial charge on any atom is 0.254 e. The second-order valence-electron chi connectivity index (χ2n) is 4.52. The van der Waals surface area contributed by atoms with Crippen molar-refractivity contribution in [3.8, 4) is 11.3 Å². The van der Waals surface area contributed by atoms with Crippen LogP contribution in [0.15, 0.2) is 41.2 Å². The van der Waals surface area contributed by atoms with Crippen molar-refractivity contribution < 1.29 is 0 Å². The number of nitrogens with zero attached hydrogens (tertiary/aromatic N) is 2. The Morgan fingerprint density at radius 1 is 0.889 bits per heavy atom. The van der Waals surface area contributed by atoms with Gasteiger partial charge in [-0.2, -0.15) is 0 Å². The van der Waals surface area contributed by atoms with E-state index in [0.29, 0.717) is 0 Å². The molecule has 3 nitrogen and oxygen atoms in total. The number of aryl methyl sites for hydroxylation is 1. The van der Waals surface area contributed by atoms with E-state index in [2.05, 4.69) is 11.9 Å². The minimum atomic E-state index is 0. The summed E-state index contributed by atoms with van der Waals surface area (Å²) in [6, 6.07) is 11.8. The van der Waals surface area contributed by atoms with Crippen LogP contribution in [-0.4, -0.2) is 9.55 Å². The molecule has 0 saturated carbocycles. The van der Waals surface area contributed by atoms with Gasteiger partial charge >= 0.3 is 0 Å². The number of benzene rings is 1. The van der Waals surface area contributed by atoms with Crippen molar-refractivity contribution >= 4 is 0 Å². The first-order valence-corrected chi connectivity index (χ1v) is 9.93. The van der Waals surface area contributed by atoms with Gasteiger partial charge in [-0.3, -0.25) is 9.36 Å². The number of fused-ring (bicyclic) bond motifs is 1. The van der Waals surface area contributed by atoms with Crippen LogP contribution in [0.4, 0.5) is 0 Å². The quantitative estimate of drug-likeness (QED) is 0.507. The van der Waals surface area contributed by atoms with Crippen LogP contribution in [0.3, 0.4) is 0 Å². The highest BCUT2D eigenvalue weighted by molar-refractivity contribution is 5.58. The molecule has 0 amide bonds. The summed E-state index contributed by atoms with van der Waals surface area (Å²) in [5, 5.41) is 0. The molecule has 1 aromatic heterocycles. The Morgan fingerprint density at radius 2 is 1.37 bits per heavy atom. The van der Waals surface area contributed by atoms with Gasteiger partial charge in [0.05, 0.1) is 5.69 Å². The molecular weight excluding hydrogens is 332 g/mol. The molecule has 3 rings (SSSR count). The Morgan fingerprint density at radius 3 is 1.85 bits per heavy atom. The van der Waals surface area contributed by atoms with Crippen molar-refractivity contribution in [2.24, 2.45) is 0 Å². The molecule has 2 heterocycles. The van der Waals surface area contributed by atoms with Gasteiger partial charge < -0.3 is 0 Å². The van der Waals surface area contributed by atoms with E-state index >= 15 is 0 Å². The molecule has 0 fully saturated rings. The van der Waals surface area contributed by atoms with E-state index in [1.807, 2.05) is 90.3 Å². The van der Waals surface area contributed by atoms with Crippen LogP contribution in [0.1, 0.15) is 95.5 Å². The van der Waals surface area contributed by atoms with E-state index in [0.717, 1.165) is 29.9 Å². The van der Waals surface area contributed by atoms with Crippen LogP contribution in [0.25, 0.3) is 11.3 Å². The molecule has 0 spiro atoms. The fourth-order valence-corrected chi connectivity index (χ4v) is 2.41. The zero-order valence-electron chi connectivity index (χ0n) is 17.8. The predicted octanol–water partition coefficient (Wildman–Crippen LogP) is 7.79. The minimum absolute atomic E-state index is 0. The van der Waals surface area contributed by atoms with Gasteiger partial charge in [0.15, 0.2) is 0 Å². The Labute approximate surface area is 169 Å². The molecule has 0 radical (unpaired) electrons. The van der Waals surface area contributed by atoms with Crippen LogP contribution in [-0.2, 0) is 6.42 Å². The number of hydrogen-bond acceptors (Lipinski definition) is 2. The highest BCUT2D eigenvalue weighted by atomic mass is 16.1. The normalized spacial score (nSPS) is 12.3. The van der Waals surface area contributed by atoms with Crippen molar-refractivity contribution in [2.45, 2.75) is 96.1 Å². The Kier molecular flexibility index (Phi) is 24.8. The van der Waals surface area contributed by atoms with Gasteiger partial charge in [-0.15, -0.1) is 0 Å². The van der Waals surface area contributed by atoms with E-state index in [4.69, 9.17) is 0 Å². The predicted molar refractivity (Wildman–Crippen MR) is 126 cm³/mol. The van der Waals surface area contributed by atoms with Gasteiger partial charge in [0.2, 0.25) is 0 Å². The molecule has 2 aromatic rings. The molecular formula is C24H46N2O. The smallest absolute Gasteiger partial charge is 0.254 e. The monoisotopic (exact) mass is 378 g/mol. The molecule has 0 N–H and O–H groups in total. The van der Waals surface area contributed by atoms with Gasteiger partial charge in [0.25, 0.3) is 5.56 Å². The summed E-state index contributed by atoms with van der Waals surface area (Å²) in [6.45, 7) is 18.1. The molecule has 1 aromatic carbocycles. The maximum atomic E-state index is 12.0. The zero-order chi connectivity index (χ0) is 19.8. The zero-order valence-corrected chi connectivity index (χ0v) is 17.8. The lowest BCUT2D eigenvalue weighted by Gasteiger charge is -2.09. The summed E-state index contributed by atoms with van der Waals surface area (Å²) >= 11 is 0. The van der Waals surface area contributed by atoms with E-state index in [9.17, 15) is 4.79 Å². The molecule has 0 saturated heterocycles. The molecule has 0 bridgehead atoms. The van der Waals surface area contributed by atoms with Gasteiger partial charge in [0, 0.05) is 24.1 Å². The second-order valence-corrected chi connectivity index (χ2v) is 4.52. The van der Waals surface area contributed by atoms with E-state index in [1.165, 1.54) is 0 Å². The topological polar surface area (TPSA) is 34.9 Å². The Balaban J connectivity index is -0.000000237. The summed E-state index contributed by atoms with van der Waals surface area (Å²) in [5.74, 6) is 0.920. The van der Waals surface area contributed by atoms with Gasteiger partial charge in [0.1, 0.15) is 5.82 Å². The highest BCUT2D eigenvalue weighted by Gasteiger charge is 2.21. The third-order valence-electron chi connectivity index (χ3n) is 3.32. The first-order chi connectivity index (χ1) is 12.3. The van der Waals surface area contributed by atoms with Crippen LogP contribution in [0, 0.1) is 0 Å². The SMILES string of the molecule is C.C.CC.CC.CC.CC.CC1CCc2nc(-c3ccccc3)cc(=O)n21. The van der Waals surface area contributed by atoms with Crippen LogP contribution in [0.5, 0.6) is 0 Å². The lowest BCUT2D eigenvalue weighted by atomic mass is 10.1. The lowest BCUT2D eigenvalue weighted by Crippen LogP contribution is -2.22. The second kappa shape index (κ2) is 20.4. The van der Waals surface area contributed by atoms with Crippen molar-refractivity contribution in [3.05, 3.63) is 52.6 Å². The molecule has 0 aliphatic carbocycles. The van der Waals surface area contributed by atoms with Crippen LogP contribution in [0.2, 0.25) is 0 Å². The maximum absolute atomic E-state index is 12.0. The average Bonchev–Trinajstić information content (AvgIpc) is 3.10. The minimum Gasteiger partial charge on any atom is -0.294 e. The largest absolute Gasteiger partial charge is 0.294 e. The number of aromatic nitrogens is 2. The molecule has 1 aliphatic heterocycles. The average molecular weight is 379 g/mol. The number of hydrogen-bond donors (Lipinski definition) is 0. The van der Waals surface area contributed by atoms with Crippen molar-refractivity contribution in [2.75, 3.05) is 0 Å². The Hall–Kier alpha value is -1.90. The molecule has 3 heteroatoms. The Bertz CT molecular complexity index is 604. The molecule has 1 atom stereocenters. The van der Waals surface area contributed by atoms with Crippen LogP contribution >= 0.6 is 0 Å². The van der Waals surface area contributed by atoms with Crippen molar-refractivity contribution in [3.63, 3.8) is 0 Å². The summed E-state index contributed by atoms with van der Waals surface area (Å²) in [6.07, 6.45) is 1.91. The molecule has 158 valence electrons. The van der Waals surface area contributed by atoms with E-state index < -0.39 is 0 Å². The third-order valence-corrected chi connectivity index (χ3v) is 3.32. The third kappa shape index (κ3) is 9.55. The fraction of sp³-hybridized carbons (Fsp3) is 0.583. The highest BCUT2D eigenvalue weighted by Crippen LogP contribution is 2.23. The fourth-order valence-electron chi connectivity index (χ4n) is 2.41. The molecule has 1 aliphatic rings. The van der Waals surface area contributed by atoms with E-state index in [1.54, 1.807) is 6.07 Å². The summed E-state index contributed by atoms with van der Waals surface area (Å²) in [7, 11) is 0. The van der Waals surface area contributed by atoms with Crippen molar-refractivity contribution in [1.29, 1.82) is 0 Å². The van der Waals surface area contributed by atoms with Crippen LogP contribution < -0.4 is 5.56 Å². The number of rotatable bonds is 1. The van der Waals surface area contributed by atoms with E-state index in [-0.39, 0.29) is 26.5 Å². The first kappa shape index (κ1) is 32.7. The molecule has 1 unspecified atom stereocenters. The molecule has 27 heavy (non-hydrogen) atoms. The summed E-state index contributed by atoms with van der Waals surface area (Å²) in [4.78, 5) is 16.6. The lowest BCUT2D eigenvalue weighted by molar-refractivity contribution is 0.560. The van der Waals surface area contributed by atoms with Gasteiger partial charge in [-0.25, -0.2) is 4.98 Å².